The van der Waals surface area contributed by atoms with E-state index in [1.807, 2.05) is 6.07 Å². The molecule has 4 heteroatoms. The van der Waals surface area contributed by atoms with Crippen LogP contribution in [0.2, 0.25) is 0 Å². The van der Waals surface area contributed by atoms with Crippen LogP contribution in [0.5, 0.6) is 0 Å². The third kappa shape index (κ3) is 3.42. The van der Waals surface area contributed by atoms with Crippen LogP contribution in [0.25, 0.3) is 10.8 Å². The fourth-order valence-electron chi connectivity index (χ4n) is 5.55. The summed E-state index contributed by atoms with van der Waals surface area (Å²) in [7, 11) is 1.21. The molecule has 0 amide bonds. The second-order valence-electron chi connectivity index (χ2n) is 8.63. The summed E-state index contributed by atoms with van der Waals surface area (Å²) >= 11 is 0. The number of halogens is 2. The number of methoxy groups -OCH3 is 1. The van der Waals surface area contributed by atoms with E-state index in [1.165, 1.54) is 45.3 Å². The molecule has 0 radical (unpaired) electrons. The molecular formula is C24H28F2O2. The molecule has 0 heterocycles. The Hall–Kier alpha value is -1.97. The van der Waals surface area contributed by atoms with Crippen LogP contribution in [0.1, 0.15) is 73.7 Å². The van der Waals surface area contributed by atoms with Crippen molar-refractivity contribution in [3.05, 3.63) is 47.0 Å². The Balaban J connectivity index is 1.61. The lowest BCUT2D eigenvalue weighted by molar-refractivity contribution is 0.0595. The Morgan fingerprint density at radius 2 is 1.82 bits per heavy atom. The minimum atomic E-state index is -0.745. The fourth-order valence-corrected chi connectivity index (χ4v) is 5.55. The minimum absolute atomic E-state index is 0.157. The van der Waals surface area contributed by atoms with Crippen LogP contribution in [0.15, 0.2) is 24.3 Å². The third-order valence-electron chi connectivity index (χ3n) is 7.22. The Morgan fingerprint density at radius 3 is 2.57 bits per heavy atom. The first-order valence-corrected chi connectivity index (χ1v) is 10.5. The number of hydrogen-bond donors (Lipinski definition) is 0. The molecule has 2 unspecified atom stereocenters. The van der Waals surface area contributed by atoms with Crippen molar-refractivity contribution in [1.29, 1.82) is 0 Å². The van der Waals surface area contributed by atoms with Gasteiger partial charge in [0.05, 0.1) is 12.7 Å². The van der Waals surface area contributed by atoms with Crippen molar-refractivity contribution in [3.8, 4) is 0 Å². The summed E-state index contributed by atoms with van der Waals surface area (Å²) in [5.41, 5.74) is 0.545. The molecule has 28 heavy (non-hydrogen) atoms. The van der Waals surface area contributed by atoms with Gasteiger partial charge in [-0.25, -0.2) is 13.6 Å². The van der Waals surface area contributed by atoms with Gasteiger partial charge in [0.2, 0.25) is 0 Å². The standard InChI is InChI=1S/C24H28F2O2/c1-3-14-4-5-16-11-17(7-6-15(16)10-14)19-9-8-18-12-21(24(27)28-2)22(25)13-20(18)23(19)26/h8-9,12-17H,3-7,10-11H2,1-2H3/t14?,15-,16+,17?/m0/s1. The summed E-state index contributed by atoms with van der Waals surface area (Å²) in [6.07, 6.45) is 8.35. The minimum Gasteiger partial charge on any atom is -0.465 e. The molecule has 0 aromatic heterocycles. The summed E-state index contributed by atoms with van der Waals surface area (Å²) in [4.78, 5) is 11.7. The zero-order valence-electron chi connectivity index (χ0n) is 16.6. The quantitative estimate of drug-likeness (QED) is 0.555. The summed E-state index contributed by atoms with van der Waals surface area (Å²) < 4.78 is 34.2. The molecule has 2 saturated carbocycles. The van der Waals surface area contributed by atoms with Gasteiger partial charge < -0.3 is 4.74 Å². The predicted molar refractivity (Wildman–Crippen MR) is 106 cm³/mol. The Morgan fingerprint density at radius 1 is 1.07 bits per heavy atom. The normalized spacial score (nSPS) is 27.4. The van der Waals surface area contributed by atoms with Crippen molar-refractivity contribution in [3.63, 3.8) is 0 Å². The van der Waals surface area contributed by atoms with Gasteiger partial charge in [0.25, 0.3) is 0 Å². The molecule has 0 N–H and O–H groups in total. The van der Waals surface area contributed by atoms with E-state index >= 15 is 4.39 Å². The van der Waals surface area contributed by atoms with Crippen LogP contribution < -0.4 is 0 Å². The molecule has 2 aromatic carbocycles. The van der Waals surface area contributed by atoms with Crippen molar-refractivity contribution in [1.82, 2.24) is 0 Å². The average Bonchev–Trinajstić information content (AvgIpc) is 2.72. The molecule has 0 aliphatic heterocycles. The number of rotatable bonds is 3. The monoisotopic (exact) mass is 386 g/mol. The van der Waals surface area contributed by atoms with E-state index in [-0.39, 0.29) is 22.7 Å². The van der Waals surface area contributed by atoms with E-state index in [0.29, 0.717) is 16.9 Å². The second kappa shape index (κ2) is 7.81. The zero-order valence-corrected chi connectivity index (χ0v) is 16.6. The topological polar surface area (TPSA) is 26.3 Å². The van der Waals surface area contributed by atoms with Gasteiger partial charge >= 0.3 is 5.97 Å². The fraction of sp³-hybridized carbons (Fsp3) is 0.542. The summed E-state index contributed by atoms with van der Waals surface area (Å²) in [6, 6.07) is 6.16. The SMILES string of the molecule is CCC1CC[C@@H]2CC(c3ccc4cc(C(=O)OC)c(F)cc4c3F)CC[C@H]2C1. The lowest BCUT2D eigenvalue weighted by Crippen LogP contribution is -2.30. The molecular weight excluding hydrogens is 358 g/mol. The summed E-state index contributed by atoms with van der Waals surface area (Å²) in [5.74, 6) is 0.725. The van der Waals surface area contributed by atoms with E-state index in [2.05, 4.69) is 11.7 Å². The maximum Gasteiger partial charge on any atom is 0.340 e. The van der Waals surface area contributed by atoms with E-state index in [9.17, 15) is 9.18 Å². The molecule has 2 nitrogen and oxygen atoms in total. The van der Waals surface area contributed by atoms with Crippen molar-refractivity contribution in [2.75, 3.05) is 7.11 Å². The van der Waals surface area contributed by atoms with Gasteiger partial charge in [0.15, 0.2) is 0 Å². The molecule has 0 bridgehead atoms. The predicted octanol–water partition coefficient (Wildman–Crippen LogP) is 6.61. The zero-order chi connectivity index (χ0) is 19.8. The van der Waals surface area contributed by atoms with Crippen LogP contribution in [0.4, 0.5) is 8.78 Å². The first kappa shape index (κ1) is 19.4. The van der Waals surface area contributed by atoms with Crippen molar-refractivity contribution in [2.24, 2.45) is 17.8 Å². The maximum atomic E-state index is 15.3. The number of carbonyl (C=O) groups is 1. The number of ether oxygens (including phenoxy) is 1. The highest BCUT2D eigenvalue weighted by atomic mass is 19.1. The van der Waals surface area contributed by atoms with Crippen LogP contribution in [0, 0.1) is 29.4 Å². The highest BCUT2D eigenvalue weighted by molar-refractivity contribution is 5.96. The Kier molecular flexibility index (Phi) is 5.39. The molecule has 4 rings (SSSR count). The largest absolute Gasteiger partial charge is 0.465 e. The van der Waals surface area contributed by atoms with Crippen LogP contribution in [-0.2, 0) is 4.74 Å². The van der Waals surface area contributed by atoms with Crippen molar-refractivity contribution in [2.45, 2.75) is 57.8 Å². The van der Waals surface area contributed by atoms with Crippen LogP contribution in [-0.4, -0.2) is 13.1 Å². The molecule has 2 aromatic rings. The molecule has 0 spiro atoms. The maximum absolute atomic E-state index is 15.3. The number of benzene rings is 2. The highest BCUT2D eigenvalue weighted by Gasteiger charge is 2.36. The lowest BCUT2D eigenvalue weighted by Gasteiger charge is -2.42. The average molecular weight is 386 g/mol. The summed E-state index contributed by atoms with van der Waals surface area (Å²) in [5, 5.41) is 0.777. The molecule has 2 aliphatic carbocycles. The van der Waals surface area contributed by atoms with E-state index in [1.54, 1.807) is 6.07 Å². The summed E-state index contributed by atoms with van der Waals surface area (Å²) in [6.45, 7) is 2.28. The molecule has 4 atom stereocenters. The van der Waals surface area contributed by atoms with E-state index < -0.39 is 11.8 Å². The second-order valence-corrected chi connectivity index (χ2v) is 8.63. The lowest BCUT2D eigenvalue weighted by atomic mass is 9.63. The molecule has 150 valence electrons. The molecule has 2 aliphatic rings. The molecule has 0 saturated heterocycles. The van der Waals surface area contributed by atoms with Crippen LogP contribution in [0.3, 0.4) is 0 Å². The smallest absolute Gasteiger partial charge is 0.340 e. The third-order valence-corrected chi connectivity index (χ3v) is 7.22. The van der Waals surface area contributed by atoms with Crippen molar-refractivity contribution >= 4 is 16.7 Å². The van der Waals surface area contributed by atoms with Gasteiger partial charge in [-0.1, -0.05) is 31.9 Å². The Bertz CT molecular complexity index is 892. The van der Waals surface area contributed by atoms with Gasteiger partial charge in [-0.3, -0.25) is 0 Å². The first-order chi connectivity index (χ1) is 13.5. The van der Waals surface area contributed by atoms with Crippen LogP contribution >= 0.6 is 0 Å². The van der Waals surface area contributed by atoms with Gasteiger partial charge in [-0.05, 0) is 78.9 Å². The van der Waals surface area contributed by atoms with Gasteiger partial charge in [-0.2, -0.15) is 0 Å². The molecule has 2 fully saturated rings. The highest BCUT2D eigenvalue weighted by Crippen LogP contribution is 2.48. The first-order valence-electron chi connectivity index (χ1n) is 10.5. The van der Waals surface area contributed by atoms with Gasteiger partial charge in [0.1, 0.15) is 11.6 Å². The number of fused-ring (bicyclic) bond motifs is 2. The van der Waals surface area contributed by atoms with E-state index in [0.717, 1.165) is 30.7 Å². The Labute approximate surface area is 165 Å². The number of hydrogen-bond acceptors (Lipinski definition) is 2. The van der Waals surface area contributed by atoms with E-state index in [4.69, 9.17) is 0 Å². The van der Waals surface area contributed by atoms with Gasteiger partial charge in [0, 0.05) is 5.39 Å². The van der Waals surface area contributed by atoms with Crippen molar-refractivity contribution < 1.29 is 18.3 Å². The number of carbonyl (C=O) groups excluding carboxylic acids is 1. The number of esters is 1. The van der Waals surface area contributed by atoms with Gasteiger partial charge in [-0.15, -0.1) is 0 Å².